The van der Waals surface area contributed by atoms with Crippen molar-refractivity contribution in [2.45, 2.75) is 44.9 Å². The number of aromatic nitrogens is 2. The molecule has 1 heterocycles. The number of hydrogen-bond donors (Lipinski definition) is 1. The number of rotatable bonds is 9. The second-order valence-electron chi connectivity index (χ2n) is 6.73. The number of halogens is 1. The first-order valence-electron chi connectivity index (χ1n) is 8.84. The molecule has 1 aromatic heterocycles. The molecular weight excluding hydrogens is 307 g/mol. The molecule has 24 heavy (non-hydrogen) atoms. The Hall–Kier alpha value is -1.91. The van der Waals surface area contributed by atoms with Crippen LogP contribution in [-0.2, 0) is 6.42 Å². The molecule has 0 bridgehead atoms. The van der Waals surface area contributed by atoms with Gasteiger partial charge in [-0.05, 0) is 49.7 Å². The highest BCUT2D eigenvalue weighted by molar-refractivity contribution is 5.75. The normalized spacial score (nSPS) is 19.6. The van der Waals surface area contributed by atoms with Crippen molar-refractivity contribution in [2.75, 3.05) is 13.8 Å². The molecule has 0 aliphatic heterocycles. The summed E-state index contributed by atoms with van der Waals surface area (Å²) < 4.78 is 17.4. The van der Waals surface area contributed by atoms with Gasteiger partial charge in [-0.15, -0.1) is 0 Å². The molecule has 0 radical (unpaired) electrons. The summed E-state index contributed by atoms with van der Waals surface area (Å²) in [7, 11) is 1.60. The van der Waals surface area contributed by atoms with Gasteiger partial charge >= 0.3 is 0 Å². The summed E-state index contributed by atoms with van der Waals surface area (Å²) in [5.74, 6) is 2.09. The van der Waals surface area contributed by atoms with Gasteiger partial charge < -0.3 is 9.72 Å². The van der Waals surface area contributed by atoms with Gasteiger partial charge in [0, 0.05) is 6.07 Å². The smallest absolute Gasteiger partial charge is 0.270 e. The maximum absolute atomic E-state index is 12.2. The quantitative estimate of drug-likeness (QED) is 0.705. The topological polar surface area (TPSA) is 55.0 Å². The van der Waals surface area contributed by atoms with E-state index in [0.717, 1.165) is 37.1 Å². The lowest BCUT2D eigenvalue weighted by Crippen LogP contribution is -2.15. The number of hydrogen-bond acceptors (Lipinski definition) is 3. The van der Waals surface area contributed by atoms with E-state index in [-0.39, 0.29) is 12.2 Å². The van der Waals surface area contributed by atoms with E-state index in [2.05, 4.69) is 9.97 Å². The number of methoxy groups -OCH3 is 1. The molecule has 3 rings (SSSR count). The minimum Gasteiger partial charge on any atom is -0.497 e. The fourth-order valence-electron chi connectivity index (χ4n) is 3.43. The lowest BCUT2D eigenvalue weighted by atomic mass is 10.1. The van der Waals surface area contributed by atoms with Crippen LogP contribution >= 0.6 is 0 Å². The maximum Gasteiger partial charge on any atom is 0.270 e. The van der Waals surface area contributed by atoms with Gasteiger partial charge in [-0.1, -0.05) is 19.3 Å². The molecular formula is C19H25FN2O2. The van der Waals surface area contributed by atoms with Crippen LogP contribution in [0.5, 0.6) is 5.75 Å². The summed E-state index contributed by atoms with van der Waals surface area (Å²) in [6.07, 6.45) is 7.09. The van der Waals surface area contributed by atoms with Crippen LogP contribution in [0.15, 0.2) is 23.0 Å². The van der Waals surface area contributed by atoms with Crippen molar-refractivity contribution < 1.29 is 9.13 Å². The number of benzene rings is 1. The van der Waals surface area contributed by atoms with Crippen molar-refractivity contribution in [1.82, 2.24) is 9.97 Å². The van der Waals surface area contributed by atoms with Crippen LogP contribution in [0.4, 0.5) is 4.39 Å². The number of aromatic amines is 1. The van der Waals surface area contributed by atoms with Crippen molar-refractivity contribution in [1.29, 1.82) is 0 Å². The first kappa shape index (κ1) is 16.9. The molecule has 1 saturated carbocycles. The average molecular weight is 332 g/mol. The van der Waals surface area contributed by atoms with Crippen molar-refractivity contribution in [3.05, 3.63) is 34.2 Å². The highest BCUT2D eigenvalue weighted by Crippen LogP contribution is 2.44. The number of nitrogens with one attached hydrogen (secondary N) is 1. The highest BCUT2D eigenvalue weighted by Gasteiger charge is 2.35. The minimum absolute atomic E-state index is 0.110. The van der Waals surface area contributed by atoms with E-state index < -0.39 is 0 Å². The largest absolute Gasteiger partial charge is 0.497 e. The molecule has 0 unspecified atom stereocenters. The number of ether oxygens (including phenoxy) is 1. The summed E-state index contributed by atoms with van der Waals surface area (Å²) >= 11 is 0. The van der Waals surface area contributed by atoms with Crippen LogP contribution in [0, 0.1) is 11.8 Å². The Labute approximate surface area is 141 Å². The minimum atomic E-state index is -0.177. The molecule has 1 N–H and O–H groups in total. The Morgan fingerprint density at radius 1 is 1.25 bits per heavy atom. The van der Waals surface area contributed by atoms with Gasteiger partial charge in [0.25, 0.3) is 5.56 Å². The Morgan fingerprint density at radius 2 is 2.08 bits per heavy atom. The molecule has 1 aliphatic rings. The first-order chi connectivity index (χ1) is 11.7. The second-order valence-corrected chi connectivity index (χ2v) is 6.73. The number of nitrogens with zero attached hydrogens (tertiary/aromatic N) is 1. The van der Waals surface area contributed by atoms with Gasteiger partial charge in [0.15, 0.2) is 0 Å². The Kier molecular flexibility index (Phi) is 5.48. The van der Waals surface area contributed by atoms with Crippen LogP contribution in [-0.4, -0.2) is 23.8 Å². The molecule has 0 spiro atoms. The molecule has 1 fully saturated rings. The monoisotopic (exact) mass is 332 g/mol. The molecule has 0 amide bonds. The predicted octanol–water partition coefficient (Wildman–Crippen LogP) is 4.03. The van der Waals surface area contributed by atoms with E-state index in [1.54, 1.807) is 13.2 Å². The third kappa shape index (κ3) is 4.13. The number of H-pyrrole nitrogens is 1. The fraction of sp³-hybridized carbons (Fsp3) is 0.579. The maximum atomic E-state index is 12.2. The highest BCUT2D eigenvalue weighted by atomic mass is 19.1. The zero-order valence-corrected chi connectivity index (χ0v) is 14.2. The lowest BCUT2D eigenvalue weighted by molar-refractivity contribution is 0.415. The van der Waals surface area contributed by atoms with Gasteiger partial charge in [0.05, 0.1) is 24.8 Å². The van der Waals surface area contributed by atoms with Gasteiger partial charge in [-0.25, -0.2) is 4.98 Å². The predicted molar refractivity (Wildman–Crippen MR) is 93.3 cm³/mol. The lowest BCUT2D eigenvalue weighted by Gasteiger charge is -2.05. The third-order valence-corrected chi connectivity index (χ3v) is 5.01. The SMILES string of the molecule is COc1ccc2nc(CCCCC[C@@H]3C[C@@H]3CCF)c(=O)[nH]c2c1. The third-order valence-electron chi connectivity index (χ3n) is 5.01. The molecule has 0 saturated heterocycles. The van der Waals surface area contributed by atoms with Crippen LogP contribution in [0.25, 0.3) is 11.0 Å². The molecule has 1 aromatic carbocycles. The molecule has 1 aliphatic carbocycles. The zero-order valence-electron chi connectivity index (χ0n) is 14.2. The summed E-state index contributed by atoms with van der Waals surface area (Å²) in [6, 6.07) is 5.50. The Morgan fingerprint density at radius 3 is 2.88 bits per heavy atom. The molecule has 4 nitrogen and oxygen atoms in total. The van der Waals surface area contributed by atoms with Gasteiger partial charge in [-0.3, -0.25) is 9.18 Å². The number of unbranched alkanes of at least 4 members (excludes halogenated alkanes) is 2. The second kappa shape index (κ2) is 7.77. The summed E-state index contributed by atoms with van der Waals surface area (Å²) in [5, 5.41) is 0. The fourth-order valence-corrected chi connectivity index (χ4v) is 3.43. The number of aryl methyl sites for hydroxylation is 1. The van der Waals surface area contributed by atoms with E-state index >= 15 is 0 Å². The number of fused-ring (bicyclic) bond motifs is 1. The van der Waals surface area contributed by atoms with Crippen LogP contribution in [0.3, 0.4) is 0 Å². The van der Waals surface area contributed by atoms with Crippen LogP contribution in [0.1, 0.15) is 44.2 Å². The van der Waals surface area contributed by atoms with Crippen LogP contribution < -0.4 is 10.3 Å². The van der Waals surface area contributed by atoms with E-state index in [9.17, 15) is 9.18 Å². The van der Waals surface area contributed by atoms with Crippen molar-refractivity contribution in [2.24, 2.45) is 11.8 Å². The Balaban J connectivity index is 1.48. The van der Waals surface area contributed by atoms with E-state index in [1.165, 1.54) is 12.8 Å². The summed E-state index contributed by atoms with van der Waals surface area (Å²) in [4.78, 5) is 19.5. The van der Waals surface area contributed by atoms with Crippen LogP contribution in [0.2, 0.25) is 0 Å². The van der Waals surface area contributed by atoms with Gasteiger partial charge in [0.2, 0.25) is 0 Å². The van der Waals surface area contributed by atoms with Crippen molar-refractivity contribution in [3.8, 4) is 5.75 Å². The van der Waals surface area contributed by atoms with E-state index in [4.69, 9.17) is 4.74 Å². The molecule has 130 valence electrons. The van der Waals surface area contributed by atoms with E-state index in [0.29, 0.717) is 29.3 Å². The summed E-state index contributed by atoms with van der Waals surface area (Å²) in [5.41, 5.74) is 1.99. The van der Waals surface area contributed by atoms with Gasteiger partial charge in [0.1, 0.15) is 11.4 Å². The van der Waals surface area contributed by atoms with Crippen molar-refractivity contribution >= 4 is 11.0 Å². The average Bonchev–Trinajstić information content (AvgIpc) is 3.32. The van der Waals surface area contributed by atoms with E-state index in [1.807, 2.05) is 12.1 Å². The number of alkyl halides is 1. The first-order valence-corrected chi connectivity index (χ1v) is 8.84. The standard InChI is InChI=1S/C19H25FN2O2/c1-24-15-7-8-16-18(12-15)22-19(23)17(21-16)6-4-2-3-5-13-11-14(13)9-10-20/h7-8,12-14H,2-6,9-11H2,1H3,(H,22,23)/t13-,14+/m1/s1. The zero-order chi connectivity index (χ0) is 16.9. The Bertz CT molecular complexity index is 744. The van der Waals surface area contributed by atoms with Crippen molar-refractivity contribution in [3.63, 3.8) is 0 Å². The summed E-state index contributed by atoms with van der Waals surface area (Å²) in [6.45, 7) is -0.177. The molecule has 2 aromatic rings. The van der Waals surface area contributed by atoms with Gasteiger partial charge in [-0.2, -0.15) is 0 Å². The molecule has 5 heteroatoms. The molecule has 2 atom stereocenters.